The van der Waals surface area contributed by atoms with Crippen molar-refractivity contribution in [2.24, 2.45) is 4.99 Å². The second kappa shape index (κ2) is 2.63. The highest BCUT2D eigenvalue weighted by atomic mass is 15.2. The van der Waals surface area contributed by atoms with Crippen molar-refractivity contribution in [2.75, 3.05) is 6.54 Å². The summed E-state index contributed by atoms with van der Waals surface area (Å²) in [6.45, 7) is 4.82. The van der Waals surface area contributed by atoms with Crippen LogP contribution in [-0.4, -0.2) is 12.4 Å². The molecule has 0 amide bonds. The molecule has 1 N–H and O–H groups in total. The minimum Gasteiger partial charge on any atom is -0.249 e. The van der Waals surface area contributed by atoms with Crippen molar-refractivity contribution in [3.05, 3.63) is 11.9 Å². The average molecular weight is 136 g/mol. The molecule has 1 aliphatic rings. The lowest BCUT2D eigenvalue weighted by Crippen LogP contribution is -3.08. The van der Waals surface area contributed by atoms with Gasteiger partial charge in [-0.25, -0.2) is 4.90 Å². The van der Waals surface area contributed by atoms with E-state index in [0.717, 1.165) is 17.1 Å². The van der Waals surface area contributed by atoms with Crippen molar-refractivity contribution in [1.82, 2.24) is 0 Å². The monoisotopic (exact) mass is 136 g/mol. The Kier molecular flexibility index (Phi) is 1.83. The van der Waals surface area contributed by atoms with Crippen LogP contribution in [-0.2, 0) is 0 Å². The molecular formula is C7H10N3+. The Morgan fingerprint density at radius 2 is 2.50 bits per heavy atom. The van der Waals surface area contributed by atoms with Crippen LogP contribution in [0.1, 0.15) is 13.8 Å². The number of allylic oxidation sites excluding steroid dienone is 1. The van der Waals surface area contributed by atoms with E-state index in [4.69, 9.17) is 5.26 Å². The maximum absolute atomic E-state index is 8.55. The normalized spacial score (nSPS) is 23.5. The van der Waals surface area contributed by atoms with E-state index < -0.39 is 0 Å². The van der Waals surface area contributed by atoms with Gasteiger partial charge in [-0.05, 0) is 13.8 Å². The van der Waals surface area contributed by atoms with Crippen LogP contribution in [0.5, 0.6) is 0 Å². The maximum Gasteiger partial charge on any atom is 0.311 e. The molecule has 0 radical (unpaired) electrons. The first kappa shape index (κ1) is 6.97. The molecule has 0 aliphatic carbocycles. The van der Waals surface area contributed by atoms with Crippen molar-refractivity contribution < 1.29 is 4.90 Å². The van der Waals surface area contributed by atoms with Gasteiger partial charge < -0.3 is 0 Å². The second-order valence-electron chi connectivity index (χ2n) is 2.24. The fourth-order valence-corrected chi connectivity index (χ4v) is 0.967. The Bertz CT molecular complexity index is 232. The minimum atomic E-state index is 0.583. The summed E-state index contributed by atoms with van der Waals surface area (Å²) in [5, 5.41) is 8.55. The van der Waals surface area contributed by atoms with Gasteiger partial charge in [0.1, 0.15) is 6.20 Å². The highest BCUT2D eigenvalue weighted by molar-refractivity contribution is 5.91. The summed E-state index contributed by atoms with van der Waals surface area (Å²) in [6.07, 6.45) is 1.96. The minimum absolute atomic E-state index is 0.583. The quantitative estimate of drug-likeness (QED) is 0.527. The second-order valence-corrected chi connectivity index (χ2v) is 2.24. The lowest BCUT2D eigenvalue weighted by molar-refractivity contribution is -0.739. The molecule has 0 saturated carbocycles. The van der Waals surface area contributed by atoms with Gasteiger partial charge in [0, 0.05) is 0 Å². The highest BCUT2D eigenvalue weighted by Gasteiger charge is 2.18. The molecule has 3 nitrogen and oxygen atoms in total. The first-order chi connectivity index (χ1) is 4.77. The fourth-order valence-electron chi connectivity index (χ4n) is 0.967. The lowest BCUT2D eigenvalue weighted by atomic mass is 10.5. The molecule has 0 bridgehead atoms. The third kappa shape index (κ3) is 1.07. The number of hydrogen-bond acceptors (Lipinski definition) is 2. The van der Waals surface area contributed by atoms with Crippen LogP contribution < -0.4 is 4.90 Å². The summed E-state index contributed by atoms with van der Waals surface area (Å²) in [5.74, 6) is 0.583. The standard InChI is InChI=1S/C7H9N3/c1-3-10-5-6(2)9-7(10)4-8/h5H,3H2,1-2H3/p+1. The maximum atomic E-state index is 8.55. The Morgan fingerprint density at radius 1 is 1.80 bits per heavy atom. The summed E-state index contributed by atoms with van der Waals surface area (Å²) in [7, 11) is 0. The summed E-state index contributed by atoms with van der Waals surface area (Å²) in [6, 6.07) is 2.06. The van der Waals surface area contributed by atoms with Gasteiger partial charge in [0.2, 0.25) is 0 Å². The Hall–Kier alpha value is -1.14. The molecular weight excluding hydrogens is 126 g/mol. The summed E-state index contributed by atoms with van der Waals surface area (Å²) < 4.78 is 0. The molecule has 0 fully saturated rings. The van der Waals surface area contributed by atoms with E-state index in [1.165, 1.54) is 0 Å². The zero-order chi connectivity index (χ0) is 7.56. The van der Waals surface area contributed by atoms with E-state index in [1.54, 1.807) is 0 Å². The number of hydrogen-bond donors (Lipinski definition) is 1. The molecule has 10 heavy (non-hydrogen) atoms. The predicted octanol–water partition coefficient (Wildman–Crippen LogP) is -0.312. The fraction of sp³-hybridized carbons (Fsp3) is 0.429. The molecule has 1 aliphatic heterocycles. The van der Waals surface area contributed by atoms with Gasteiger partial charge in [0.05, 0.1) is 12.2 Å². The van der Waals surface area contributed by atoms with Crippen molar-refractivity contribution in [1.29, 1.82) is 5.26 Å². The van der Waals surface area contributed by atoms with Crippen LogP contribution in [0.25, 0.3) is 0 Å². The Morgan fingerprint density at radius 3 is 2.90 bits per heavy atom. The molecule has 1 atom stereocenters. The van der Waals surface area contributed by atoms with Crippen LogP contribution in [0.15, 0.2) is 16.9 Å². The molecule has 1 unspecified atom stereocenters. The first-order valence-corrected chi connectivity index (χ1v) is 3.31. The molecule has 0 spiro atoms. The highest BCUT2D eigenvalue weighted by Crippen LogP contribution is 1.94. The lowest BCUT2D eigenvalue weighted by Gasteiger charge is -2.00. The largest absolute Gasteiger partial charge is 0.311 e. The van der Waals surface area contributed by atoms with Crippen molar-refractivity contribution in [3.63, 3.8) is 0 Å². The summed E-state index contributed by atoms with van der Waals surface area (Å²) >= 11 is 0. The van der Waals surface area contributed by atoms with E-state index in [-0.39, 0.29) is 0 Å². The average Bonchev–Trinajstić information content (AvgIpc) is 2.30. The van der Waals surface area contributed by atoms with Gasteiger partial charge >= 0.3 is 5.84 Å². The Balaban J connectivity index is 2.81. The van der Waals surface area contributed by atoms with Gasteiger partial charge in [-0.2, -0.15) is 10.3 Å². The Labute approximate surface area is 60.3 Å². The molecule has 52 valence electrons. The molecule has 1 rings (SSSR count). The predicted molar refractivity (Wildman–Crippen MR) is 38.3 cm³/mol. The number of quaternary nitrogens is 1. The van der Waals surface area contributed by atoms with Crippen LogP contribution in [0, 0.1) is 11.3 Å². The van der Waals surface area contributed by atoms with Gasteiger partial charge in [-0.15, -0.1) is 0 Å². The summed E-state index contributed by atoms with van der Waals surface area (Å²) in [4.78, 5) is 5.09. The molecule has 0 aromatic rings. The van der Waals surface area contributed by atoms with Crippen LogP contribution >= 0.6 is 0 Å². The number of nitrogens with zero attached hydrogens (tertiary/aromatic N) is 2. The SMILES string of the molecule is CC[NH+]1C=C(C)N=C1C#N. The smallest absolute Gasteiger partial charge is 0.249 e. The van der Waals surface area contributed by atoms with Crippen LogP contribution in [0.4, 0.5) is 0 Å². The van der Waals surface area contributed by atoms with Crippen LogP contribution in [0.2, 0.25) is 0 Å². The van der Waals surface area contributed by atoms with Gasteiger partial charge in [-0.3, -0.25) is 0 Å². The van der Waals surface area contributed by atoms with E-state index in [1.807, 2.05) is 20.0 Å². The number of nitrogens with one attached hydrogen (secondary N) is 1. The van der Waals surface area contributed by atoms with Crippen molar-refractivity contribution in [3.8, 4) is 6.07 Å². The molecule has 3 heteroatoms. The summed E-state index contributed by atoms with van der Waals surface area (Å²) in [5.41, 5.74) is 0.938. The number of aliphatic imine (C=N–C) groups is 1. The van der Waals surface area contributed by atoms with Gasteiger partial charge in [0.25, 0.3) is 0 Å². The molecule has 0 aromatic heterocycles. The van der Waals surface area contributed by atoms with Crippen LogP contribution in [0.3, 0.4) is 0 Å². The molecule has 0 saturated heterocycles. The van der Waals surface area contributed by atoms with Gasteiger partial charge in [-0.1, -0.05) is 0 Å². The van der Waals surface area contributed by atoms with Crippen molar-refractivity contribution >= 4 is 5.84 Å². The number of amidine groups is 1. The third-order valence-electron chi connectivity index (χ3n) is 1.46. The molecule has 1 heterocycles. The number of nitriles is 1. The third-order valence-corrected chi connectivity index (χ3v) is 1.46. The van der Waals surface area contributed by atoms with Crippen molar-refractivity contribution in [2.45, 2.75) is 13.8 Å². The number of rotatable bonds is 1. The molecule has 0 aromatic carbocycles. The zero-order valence-corrected chi connectivity index (χ0v) is 6.18. The zero-order valence-electron chi connectivity index (χ0n) is 6.18. The van der Waals surface area contributed by atoms with Gasteiger partial charge in [0.15, 0.2) is 6.07 Å². The van der Waals surface area contributed by atoms with E-state index in [2.05, 4.69) is 11.1 Å². The van der Waals surface area contributed by atoms with E-state index in [0.29, 0.717) is 5.84 Å². The van der Waals surface area contributed by atoms with E-state index >= 15 is 0 Å². The first-order valence-electron chi connectivity index (χ1n) is 3.31. The topological polar surface area (TPSA) is 40.6 Å². The van der Waals surface area contributed by atoms with E-state index in [9.17, 15) is 0 Å².